The van der Waals surface area contributed by atoms with Crippen LogP contribution in [0.2, 0.25) is 0 Å². The van der Waals surface area contributed by atoms with Gasteiger partial charge in [-0.15, -0.1) is 0 Å². The number of nitrogens with one attached hydrogen (secondary N) is 1. The van der Waals surface area contributed by atoms with Gasteiger partial charge in [-0.05, 0) is 11.1 Å². The van der Waals surface area contributed by atoms with Gasteiger partial charge in [0.15, 0.2) is 6.23 Å². The number of benzene rings is 2. The highest BCUT2D eigenvalue weighted by atomic mass is 16.7. The van der Waals surface area contributed by atoms with Crippen molar-refractivity contribution in [1.82, 2.24) is 9.55 Å². The minimum atomic E-state index is -0.867. The molecule has 2 fully saturated rings. The molecule has 1 N–H and O–H groups in total. The second-order valence-electron chi connectivity index (χ2n) is 8.06. The molecule has 2 aromatic carbocycles. The van der Waals surface area contributed by atoms with Gasteiger partial charge in [0, 0.05) is 12.3 Å². The molecule has 8 heteroatoms. The standard InChI is InChI=1S/C24H24N2O6/c27-19-11-12-26(23(28)25-19)22-20-21(30-14-18-9-5-2-6-10-18)24(32-22,16-31-20)15-29-13-17-7-3-1-4-8-17/h1-12,20-22H,13-16H2,(H,25,27,28)/t20-,21+,22-,24+/m1/s1. The third-order valence-corrected chi connectivity index (χ3v) is 5.83. The smallest absolute Gasteiger partial charge is 0.330 e. The van der Waals surface area contributed by atoms with Gasteiger partial charge in [-0.2, -0.15) is 0 Å². The lowest BCUT2D eigenvalue weighted by Gasteiger charge is -2.31. The van der Waals surface area contributed by atoms with E-state index >= 15 is 0 Å². The minimum Gasteiger partial charge on any atom is -0.374 e. The SMILES string of the molecule is O=c1ccn([C@@H]2O[C@@]3(COCc4ccccc4)CO[C@@H]2[C@@H]3OCc2ccccc2)c(=O)[nH]1. The van der Waals surface area contributed by atoms with Crippen LogP contribution in [0.4, 0.5) is 0 Å². The van der Waals surface area contributed by atoms with Crippen LogP contribution in [0.1, 0.15) is 17.4 Å². The Hall–Kier alpha value is -3.04. The van der Waals surface area contributed by atoms with Crippen molar-refractivity contribution >= 4 is 0 Å². The van der Waals surface area contributed by atoms with Crippen LogP contribution < -0.4 is 11.2 Å². The number of aromatic nitrogens is 2. The summed E-state index contributed by atoms with van der Waals surface area (Å²) in [5.74, 6) is 0. The van der Waals surface area contributed by atoms with E-state index in [1.165, 1.54) is 16.8 Å². The Labute approximate surface area is 184 Å². The predicted octanol–water partition coefficient (Wildman–Crippen LogP) is 2.01. The van der Waals surface area contributed by atoms with E-state index in [4.69, 9.17) is 18.9 Å². The van der Waals surface area contributed by atoms with Gasteiger partial charge < -0.3 is 18.9 Å². The fourth-order valence-electron chi connectivity index (χ4n) is 4.27. The highest BCUT2D eigenvalue weighted by Gasteiger charge is 2.63. The van der Waals surface area contributed by atoms with Gasteiger partial charge in [-0.3, -0.25) is 14.3 Å². The Morgan fingerprint density at radius 2 is 1.66 bits per heavy atom. The maximum absolute atomic E-state index is 12.4. The van der Waals surface area contributed by atoms with Crippen molar-refractivity contribution in [2.75, 3.05) is 13.2 Å². The average Bonchev–Trinajstić information content (AvgIpc) is 3.31. The van der Waals surface area contributed by atoms with Gasteiger partial charge in [-0.1, -0.05) is 60.7 Å². The Morgan fingerprint density at radius 1 is 0.969 bits per heavy atom. The molecule has 2 aliphatic heterocycles. The lowest BCUT2D eigenvalue weighted by atomic mass is 10.00. The predicted molar refractivity (Wildman–Crippen MR) is 115 cm³/mol. The molecule has 0 saturated carbocycles. The fraction of sp³-hybridized carbons (Fsp3) is 0.333. The van der Waals surface area contributed by atoms with E-state index in [1.807, 2.05) is 60.7 Å². The molecule has 0 aliphatic carbocycles. The lowest BCUT2D eigenvalue weighted by molar-refractivity contribution is -0.197. The second-order valence-corrected chi connectivity index (χ2v) is 8.06. The van der Waals surface area contributed by atoms with E-state index in [1.54, 1.807) is 0 Å². The molecule has 2 saturated heterocycles. The second kappa shape index (κ2) is 8.84. The van der Waals surface area contributed by atoms with Crippen LogP contribution in [-0.2, 0) is 32.2 Å². The van der Waals surface area contributed by atoms with Crippen LogP contribution >= 0.6 is 0 Å². The van der Waals surface area contributed by atoms with Crippen molar-refractivity contribution in [3.8, 4) is 0 Å². The van der Waals surface area contributed by atoms with Gasteiger partial charge >= 0.3 is 5.69 Å². The molecule has 0 spiro atoms. The number of hydrogen-bond donors (Lipinski definition) is 1. The van der Waals surface area contributed by atoms with E-state index in [0.29, 0.717) is 19.8 Å². The molecule has 166 valence electrons. The molecule has 32 heavy (non-hydrogen) atoms. The zero-order valence-corrected chi connectivity index (χ0v) is 17.4. The van der Waals surface area contributed by atoms with Crippen molar-refractivity contribution in [3.63, 3.8) is 0 Å². The number of aromatic amines is 1. The molecule has 3 heterocycles. The Balaban J connectivity index is 1.37. The van der Waals surface area contributed by atoms with E-state index in [2.05, 4.69) is 4.98 Å². The summed E-state index contributed by atoms with van der Waals surface area (Å²) in [6, 6.07) is 21.0. The zero-order valence-electron chi connectivity index (χ0n) is 17.4. The molecule has 2 aliphatic rings. The molecule has 8 nitrogen and oxygen atoms in total. The first-order chi connectivity index (χ1) is 15.6. The maximum atomic E-state index is 12.4. The van der Waals surface area contributed by atoms with Crippen LogP contribution in [0, 0.1) is 0 Å². The summed E-state index contributed by atoms with van der Waals surface area (Å²) in [5, 5.41) is 0. The summed E-state index contributed by atoms with van der Waals surface area (Å²) >= 11 is 0. The van der Waals surface area contributed by atoms with Crippen LogP contribution in [-0.4, -0.2) is 40.6 Å². The monoisotopic (exact) mass is 436 g/mol. The van der Waals surface area contributed by atoms with Crippen LogP contribution in [0.3, 0.4) is 0 Å². The summed E-state index contributed by atoms with van der Waals surface area (Å²) in [6.45, 7) is 1.33. The largest absolute Gasteiger partial charge is 0.374 e. The topological polar surface area (TPSA) is 91.8 Å². The highest BCUT2D eigenvalue weighted by molar-refractivity contribution is 5.15. The minimum absolute atomic E-state index is 0.243. The number of ether oxygens (including phenoxy) is 4. The van der Waals surface area contributed by atoms with Crippen molar-refractivity contribution in [2.24, 2.45) is 0 Å². The molecular weight excluding hydrogens is 412 g/mol. The number of H-pyrrole nitrogens is 1. The summed E-state index contributed by atoms with van der Waals surface area (Å²) in [6.07, 6.45) is -0.262. The normalized spacial score (nSPS) is 26.4. The van der Waals surface area contributed by atoms with Gasteiger partial charge in [0.05, 0.1) is 26.4 Å². The first kappa shape index (κ1) is 20.8. The summed E-state index contributed by atoms with van der Waals surface area (Å²) in [7, 11) is 0. The third-order valence-electron chi connectivity index (χ3n) is 5.83. The Morgan fingerprint density at radius 3 is 2.34 bits per heavy atom. The van der Waals surface area contributed by atoms with Crippen molar-refractivity contribution in [2.45, 2.75) is 37.3 Å². The molecule has 2 bridgehead atoms. The molecule has 0 radical (unpaired) electrons. The molecule has 0 amide bonds. The molecule has 3 aromatic rings. The van der Waals surface area contributed by atoms with Crippen molar-refractivity contribution in [3.05, 3.63) is 105 Å². The average molecular weight is 436 g/mol. The summed E-state index contributed by atoms with van der Waals surface area (Å²) in [4.78, 5) is 26.2. The van der Waals surface area contributed by atoms with E-state index in [9.17, 15) is 9.59 Å². The van der Waals surface area contributed by atoms with Gasteiger partial charge in [-0.25, -0.2) is 4.79 Å². The third kappa shape index (κ3) is 4.05. The summed E-state index contributed by atoms with van der Waals surface area (Å²) < 4.78 is 26.0. The molecule has 0 unspecified atom stereocenters. The Bertz CT molecular complexity index is 1160. The van der Waals surface area contributed by atoms with Crippen LogP contribution in [0.25, 0.3) is 0 Å². The molecule has 1 aromatic heterocycles. The van der Waals surface area contributed by atoms with E-state index in [0.717, 1.165) is 11.1 Å². The number of nitrogens with zero attached hydrogens (tertiary/aromatic N) is 1. The first-order valence-electron chi connectivity index (χ1n) is 10.5. The number of hydrogen-bond acceptors (Lipinski definition) is 6. The van der Waals surface area contributed by atoms with Crippen molar-refractivity contribution in [1.29, 1.82) is 0 Å². The van der Waals surface area contributed by atoms with Crippen LogP contribution in [0.5, 0.6) is 0 Å². The summed E-state index contributed by atoms with van der Waals surface area (Å²) in [5.41, 5.74) is 0.187. The van der Waals surface area contributed by atoms with Crippen molar-refractivity contribution < 1.29 is 18.9 Å². The van der Waals surface area contributed by atoms with Gasteiger partial charge in [0.1, 0.15) is 17.8 Å². The number of fused-ring (bicyclic) bond motifs is 2. The fourth-order valence-corrected chi connectivity index (χ4v) is 4.27. The highest BCUT2D eigenvalue weighted by Crippen LogP contribution is 2.46. The van der Waals surface area contributed by atoms with E-state index < -0.39 is 35.3 Å². The van der Waals surface area contributed by atoms with Gasteiger partial charge in [0.25, 0.3) is 5.56 Å². The molecule has 5 rings (SSSR count). The molecule has 4 atom stereocenters. The lowest BCUT2D eigenvalue weighted by Crippen LogP contribution is -2.46. The first-order valence-corrected chi connectivity index (χ1v) is 10.5. The maximum Gasteiger partial charge on any atom is 0.330 e. The number of rotatable bonds is 8. The van der Waals surface area contributed by atoms with Crippen LogP contribution in [0.15, 0.2) is 82.5 Å². The van der Waals surface area contributed by atoms with E-state index in [-0.39, 0.29) is 6.61 Å². The Kier molecular flexibility index (Phi) is 5.75. The molecular formula is C24H24N2O6. The van der Waals surface area contributed by atoms with Gasteiger partial charge in [0.2, 0.25) is 0 Å². The quantitative estimate of drug-likeness (QED) is 0.581. The zero-order chi connectivity index (χ0) is 22.0.